The molecule has 0 aromatic carbocycles. The number of likely N-dealkylation sites (N-methyl/N-ethyl adjacent to an activating group) is 1. The highest BCUT2D eigenvalue weighted by molar-refractivity contribution is 9.10. The summed E-state index contributed by atoms with van der Waals surface area (Å²) in [7, 11) is 1.52. The van der Waals surface area contributed by atoms with Crippen LogP contribution >= 0.6 is 15.9 Å². The Hall–Kier alpha value is -1.83. The minimum atomic E-state index is -1.07. The van der Waals surface area contributed by atoms with Crippen molar-refractivity contribution in [3.05, 3.63) is 16.7 Å². The van der Waals surface area contributed by atoms with E-state index in [-0.39, 0.29) is 6.61 Å². The van der Waals surface area contributed by atoms with Gasteiger partial charge >= 0.3 is 6.09 Å². The molecule has 0 radical (unpaired) electrons. The predicted molar refractivity (Wildman–Crippen MR) is 65.3 cm³/mol. The first-order chi connectivity index (χ1) is 8.49. The van der Waals surface area contributed by atoms with Crippen molar-refractivity contribution in [1.82, 2.24) is 4.98 Å². The number of nitrogens with two attached hydrogens (primary N) is 1. The molecule has 1 aromatic rings. The number of carbonyl (C=O) groups excluding carboxylic acids is 2. The molecule has 1 aliphatic rings. The molecule has 2 rings (SSSR count). The van der Waals surface area contributed by atoms with Gasteiger partial charge in [0.1, 0.15) is 11.2 Å². The van der Waals surface area contributed by atoms with Gasteiger partial charge in [0.05, 0.1) is 0 Å². The fourth-order valence-electron chi connectivity index (χ4n) is 1.55. The van der Waals surface area contributed by atoms with E-state index in [2.05, 4.69) is 20.9 Å². The Morgan fingerprint density at radius 1 is 1.67 bits per heavy atom. The van der Waals surface area contributed by atoms with Crippen LogP contribution in [0.15, 0.2) is 16.7 Å². The number of anilines is 1. The zero-order chi connectivity index (χ0) is 13.3. The molecule has 2 amide bonds. The molecule has 0 saturated heterocycles. The van der Waals surface area contributed by atoms with E-state index in [1.165, 1.54) is 11.9 Å². The summed E-state index contributed by atoms with van der Waals surface area (Å²) < 4.78 is 10.6. The summed E-state index contributed by atoms with van der Waals surface area (Å²) >= 11 is 3.21. The second-order valence-electron chi connectivity index (χ2n) is 3.59. The lowest BCUT2D eigenvalue weighted by Gasteiger charge is -2.18. The van der Waals surface area contributed by atoms with Crippen molar-refractivity contribution in [3.63, 3.8) is 0 Å². The largest absolute Gasteiger partial charge is 0.485 e. The maximum Gasteiger partial charge on any atom is 0.405 e. The van der Waals surface area contributed by atoms with Crippen LogP contribution in [0.3, 0.4) is 0 Å². The number of aromatic nitrogens is 1. The van der Waals surface area contributed by atoms with Gasteiger partial charge in [0, 0.05) is 7.05 Å². The Labute approximate surface area is 111 Å². The number of amides is 2. The third-order valence-electron chi connectivity index (χ3n) is 2.38. The number of fused-ring (bicyclic) bond motifs is 1. The highest BCUT2D eigenvalue weighted by Gasteiger charge is 2.32. The van der Waals surface area contributed by atoms with Crippen molar-refractivity contribution in [2.24, 2.45) is 5.73 Å². The number of nitrogens with zero attached hydrogens (tertiary/aromatic N) is 2. The minimum Gasteiger partial charge on any atom is -0.485 e. The molecule has 0 aliphatic carbocycles. The monoisotopic (exact) mass is 315 g/mol. The van der Waals surface area contributed by atoms with Gasteiger partial charge in [-0.3, -0.25) is 9.69 Å². The lowest BCUT2D eigenvalue weighted by molar-refractivity contribution is -0.127. The van der Waals surface area contributed by atoms with E-state index in [1.807, 2.05) is 0 Å². The molecule has 1 aromatic heterocycles. The van der Waals surface area contributed by atoms with E-state index in [1.54, 1.807) is 12.1 Å². The molecule has 96 valence electrons. The number of rotatable bonds is 1. The fraction of sp³-hybridized carbons (Fsp3) is 0.300. The zero-order valence-electron chi connectivity index (χ0n) is 9.42. The van der Waals surface area contributed by atoms with E-state index in [4.69, 9.17) is 15.2 Å². The maximum absolute atomic E-state index is 12.0. The number of carbonyl (C=O) groups is 2. The first kappa shape index (κ1) is 12.6. The van der Waals surface area contributed by atoms with Gasteiger partial charge in [-0.2, -0.15) is 0 Å². The van der Waals surface area contributed by atoms with Gasteiger partial charge in [-0.25, -0.2) is 9.78 Å². The minimum absolute atomic E-state index is 0.0948. The number of ether oxygens (including phenoxy) is 2. The van der Waals surface area contributed by atoms with Gasteiger partial charge in [-0.15, -0.1) is 0 Å². The molecule has 8 heteroatoms. The van der Waals surface area contributed by atoms with Gasteiger partial charge in [0.15, 0.2) is 11.6 Å². The Morgan fingerprint density at radius 3 is 3.06 bits per heavy atom. The van der Waals surface area contributed by atoms with Crippen LogP contribution in [-0.2, 0) is 9.53 Å². The lowest BCUT2D eigenvalue weighted by atomic mass is 10.3. The van der Waals surface area contributed by atoms with Crippen LogP contribution in [0.2, 0.25) is 0 Å². The first-order valence-electron chi connectivity index (χ1n) is 5.02. The van der Waals surface area contributed by atoms with Crippen LogP contribution in [0.1, 0.15) is 0 Å². The molecule has 0 bridgehead atoms. The normalized spacial score (nSPS) is 18.7. The summed E-state index contributed by atoms with van der Waals surface area (Å²) in [6.07, 6.45) is -2.09. The molecule has 7 nitrogen and oxygen atoms in total. The SMILES string of the molecule is CN1C(=O)[C@@H](OC(N)=O)COc2ccc(Br)nc21. The molecule has 18 heavy (non-hydrogen) atoms. The quantitative estimate of drug-likeness (QED) is 0.768. The van der Waals surface area contributed by atoms with Crippen LogP contribution in [0.5, 0.6) is 5.75 Å². The fourth-order valence-corrected chi connectivity index (χ4v) is 1.85. The molecule has 0 saturated carbocycles. The summed E-state index contributed by atoms with van der Waals surface area (Å²) in [6.45, 7) is -0.0948. The summed E-state index contributed by atoms with van der Waals surface area (Å²) in [4.78, 5) is 28.1. The average molecular weight is 316 g/mol. The maximum atomic E-state index is 12.0. The van der Waals surface area contributed by atoms with E-state index in [9.17, 15) is 9.59 Å². The second-order valence-corrected chi connectivity index (χ2v) is 4.40. The molecule has 0 fully saturated rings. The zero-order valence-corrected chi connectivity index (χ0v) is 11.0. The van der Waals surface area contributed by atoms with Gasteiger partial charge in [-0.1, -0.05) is 0 Å². The molecule has 2 heterocycles. The Balaban J connectivity index is 2.33. The number of halogens is 1. The van der Waals surface area contributed by atoms with Crippen LogP contribution < -0.4 is 15.4 Å². The molecule has 1 aliphatic heterocycles. The number of primary amides is 1. The molecular formula is C10H10BrN3O4. The average Bonchev–Trinajstić information content (AvgIpc) is 2.42. The number of hydrogen-bond acceptors (Lipinski definition) is 5. The van der Waals surface area contributed by atoms with Gasteiger partial charge in [0.2, 0.25) is 6.10 Å². The highest BCUT2D eigenvalue weighted by atomic mass is 79.9. The molecule has 2 N–H and O–H groups in total. The van der Waals surface area contributed by atoms with E-state index in [0.29, 0.717) is 16.2 Å². The summed E-state index contributed by atoms with van der Waals surface area (Å²) in [5.41, 5.74) is 4.90. The number of hydrogen-bond donors (Lipinski definition) is 1. The Kier molecular flexibility index (Phi) is 3.37. The topological polar surface area (TPSA) is 94.8 Å². The Bertz CT molecular complexity index is 508. The van der Waals surface area contributed by atoms with Crippen LogP contribution in [-0.4, -0.2) is 36.7 Å². The second kappa shape index (κ2) is 4.81. The van der Waals surface area contributed by atoms with Gasteiger partial charge < -0.3 is 15.2 Å². The molecular weight excluding hydrogens is 306 g/mol. The third kappa shape index (κ3) is 2.37. The van der Waals surface area contributed by atoms with Crippen molar-refractivity contribution < 1.29 is 19.1 Å². The lowest BCUT2D eigenvalue weighted by Crippen LogP contribution is -2.41. The van der Waals surface area contributed by atoms with Crippen LogP contribution in [0.25, 0.3) is 0 Å². The molecule has 1 atom stereocenters. The van der Waals surface area contributed by atoms with Crippen molar-refractivity contribution in [2.75, 3.05) is 18.6 Å². The van der Waals surface area contributed by atoms with E-state index < -0.39 is 18.1 Å². The smallest absolute Gasteiger partial charge is 0.405 e. The standard InChI is InChI=1S/C10H10BrN3O4/c1-14-8-5(2-3-7(11)13-8)17-4-6(9(14)15)18-10(12)16/h2-3,6H,4H2,1H3,(H2,12,16)/t6-/m0/s1. The van der Waals surface area contributed by atoms with E-state index in [0.717, 1.165) is 0 Å². The van der Waals surface area contributed by atoms with Crippen LogP contribution in [0, 0.1) is 0 Å². The van der Waals surface area contributed by atoms with E-state index >= 15 is 0 Å². The summed E-state index contributed by atoms with van der Waals surface area (Å²) in [5, 5.41) is 0. The summed E-state index contributed by atoms with van der Waals surface area (Å²) in [6, 6.07) is 3.36. The predicted octanol–water partition coefficient (Wildman–Crippen LogP) is 0.663. The summed E-state index contributed by atoms with van der Waals surface area (Å²) in [5.74, 6) is 0.340. The van der Waals surface area contributed by atoms with Crippen molar-refractivity contribution in [2.45, 2.75) is 6.10 Å². The molecule has 0 spiro atoms. The first-order valence-corrected chi connectivity index (χ1v) is 5.81. The highest BCUT2D eigenvalue weighted by Crippen LogP contribution is 2.30. The third-order valence-corrected chi connectivity index (χ3v) is 2.82. The Morgan fingerprint density at radius 2 is 2.39 bits per heavy atom. The molecule has 0 unspecified atom stereocenters. The van der Waals surface area contributed by atoms with Crippen molar-refractivity contribution in [3.8, 4) is 5.75 Å². The number of pyridine rings is 1. The van der Waals surface area contributed by atoms with Crippen molar-refractivity contribution in [1.29, 1.82) is 0 Å². The van der Waals surface area contributed by atoms with Crippen molar-refractivity contribution >= 4 is 33.7 Å². The van der Waals surface area contributed by atoms with Gasteiger partial charge in [0.25, 0.3) is 5.91 Å². The van der Waals surface area contributed by atoms with Gasteiger partial charge in [-0.05, 0) is 28.1 Å². The van der Waals surface area contributed by atoms with Crippen LogP contribution in [0.4, 0.5) is 10.6 Å².